The van der Waals surface area contributed by atoms with Crippen molar-refractivity contribution in [2.24, 2.45) is 0 Å². The number of hydrogen-bond acceptors (Lipinski definition) is 5. The maximum Gasteiger partial charge on any atom is 0.496 e. The van der Waals surface area contributed by atoms with Crippen LogP contribution in [-0.2, 0) is 14.0 Å². The van der Waals surface area contributed by atoms with E-state index in [1.54, 1.807) is 0 Å². The van der Waals surface area contributed by atoms with Crippen molar-refractivity contribution in [3.63, 3.8) is 0 Å². The van der Waals surface area contributed by atoms with Crippen molar-refractivity contribution in [3.8, 4) is 6.07 Å². The highest BCUT2D eigenvalue weighted by Gasteiger charge is 2.52. The average molecular weight is 322 g/mol. The Hall–Kier alpha value is -1.55. The number of ether oxygens (including phenoxy) is 1. The predicted molar refractivity (Wildman–Crippen MR) is 83.2 cm³/mol. The third-order valence-corrected chi connectivity index (χ3v) is 4.48. The van der Waals surface area contributed by atoms with E-state index >= 15 is 0 Å². The fourth-order valence-electron chi connectivity index (χ4n) is 2.12. The van der Waals surface area contributed by atoms with Crippen LogP contribution in [0.3, 0.4) is 0 Å². The van der Waals surface area contributed by atoms with Crippen molar-refractivity contribution in [1.29, 1.82) is 5.26 Å². The first-order valence-electron chi connectivity index (χ1n) is 6.80. The highest BCUT2D eigenvalue weighted by atomic mass is 35.5. The molecule has 0 unspecified atom stereocenters. The summed E-state index contributed by atoms with van der Waals surface area (Å²) in [5.41, 5.74) is -0.154. The third-order valence-electron chi connectivity index (χ3n) is 4.17. The summed E-state index contributed by atoms with van der Waals surface area (Å²) in [5, 5.41) is 9.54. The Balaban J connectivity index is 2.48. The number of hydrogen-bond donors (Lipinski definition) is 0. The van der Waals surface area contributed by atoms with Gasteiger partial charge in [0.25, 0.3) is 0 Å². The van der Waals surface area contributed by atoms with Crippen LogP contribution in [0.15, 0.2) is 12.1 Å². The Morgan fingerprint density at radius 3 is 2.27 bits per heavy atom. The van der Waals surface area contributed by atoms with Crippen molar-refractivity contribution in [1.82, 2.24) is 0 Å². The Morgan fingerprint density at radius 2 is 1.82 bits per heavy atom. The van der Waals surface area contributed by atoms with Gasteiger partial charge in [-0.05, 0) is 39.8 Å². The monoisotopic (exact) mass is 321 g/mol. The molecule has 0 spiro atoms. The molecule has 1 heterocycles. The van der Waals surface area contributed by atoms with E-state index in [9.17, 15) is 10.1 Å². The summed E-state index contributed by atoms with van der Waals surface area (Å²) in [6.45, 7) is 7.68. The molecule has 22 heavy (non-hydrogen) atoms. The lowest BCUT2D eigenvalue weighted by atomic mass is 9.75. The third kappa shape index (κ3) is 2.72. The molecule has 5 nitrogen and oxygen atoms in total. The van der Waals surface area contributed by atoms with E-state index < -0.39 is 24.3 Å². The predicted octanol–water partition coefficient (Wildman–Crippen LogP) is 2.30. The van der Waals surface area contributed by atoms with Crippen LogP contribution in [0.1, 0.15) is 43.6 Å². The fourth-order valence-corrected chi connectivity index (χ4v) is 2.37. The van der Waals surface area contributed by atoms with Crippen LogP contribution in [-0.4, -0.2) is 31.4 Å². The zero-order valence-corrected chi connectivity index (χ0v) is 13.9. The van der Waals surface area contributed by atoms with Gasteiger partial charge in [0.15, 0.2) is 0 Å². The van der Waals surface area contributed by atoms with E-state index in [-0.39, 0.29) is 16.1 Å². The molecule has 1 saturated heterocycles. The summed E-state index contributed by atoms with van der Waals surface area (Å²) in [6.07, 6.45) is 0. The molecule has 1 aliphatic heterocycles. The minimum absolute atomic E-state index is 0.140. The summed E-state index contributed by atoms with van der Waals surface area (Å²) >= 11 is 6.13. The minimum Gasteiger partial charge on any atom is -0.465 e. The topological polar surface area (TPSA) is 68.6 Å². The zero-order chi connectivity index (χ0) is 16.7. The van der Waals surface area contributed by atoms with E-state index in [1.807, 2.05) is 33.8 Å². The molecule has 116 valence electrons. The van der Waals surface area contributed by atoms with Gasteiger partial charge in [0, 0.05) is 5.46 Å². The minimum atomic E-state index is -0.719. The fraction of sp³-hybridized carbons (Fsp3) is 0.467. The first-order valence-corrected chi connectivity index (χ1v) is 7.18. The number of benzene rings is 1. The quantitative estimate of drug-likeness (QED) is 0.617. The number of nitriles is 1. The zero-order valence-electron chi connectivity index (χ0n) is 13.2. The second kappa shape index (κ2) is 5.58. The second-order valence-electron chi connectivity index (χ2n) is 6.11. The molecule has 0 aliphatic carbocycles. The smallest absolute Gasteiger partial charge is 0.465 e. The average Bonchev–Trinajstić information content (AvgIpc) is 2.66. The van der Waals surface area contributed by atoms with E-state index in [1.165, 1.54) is 19.2 Å². The van der Waals surface area contributed by atoms with E-state index in [4.69, 9.17) is 20.9 Å². The summed E-state index contributed by atoms with van der Waals surface area (Å²) in [6, 6.07) is 4.97. The van der Waals surface area contributed by atoms with Gasteiger partial charge < -0.3 is 14.0 Å². The van der Waals surface area contributed by atoms with Crippen LogP contribution in [0.4, 0.5) is 0 Å². The summed E-state index contributed by atoms with van der Waals surface area (Å²) in [5.74, 6) is -0.595. The van der Waals surface area contributed by atoms with Crippen molar-refractivity contribution in [2.75, 3.05) is 7.11 Å². The lowest BCUT2D eigenvalue weighted by Gasteiger charge is -2.32. The van der Waals surface area contributed by atoms with Gasteiger partial charge in [-0.2, -0.15) is 5.26 Å². The normalized spacial score (nSPS) is 18.9. The molecule has 1 aromatic rings. The van der Waals surface area contributed by atoms with Gasteiger partial charge in [0.05, 0.1) is 40.5 Å². The van der Waals surface area contributed by atoms with Gasteiger partial charge in [-0.15, -0.1) is 0 Å². The van der Waals surface area contributed by atoms with Gasteiger partial charge in [-0.3, -0.25) is 0 Å². The van der Waals surface area contributed by atoms with Crippen LogP contribution in [0.2, 0.25) is 5.02 Å². The molecular formula is C15H17BClNO4. The Morgan fingerprint density at radius 1 is 1.27 bits per heavy atom. The first-order chi connectivity index (χ1) is 10.1. The molecule has 1 fully saturated rings. The van der Waals surface area contributed by atoms with Crippen molar-refractivity contribution in [2.45, 2.75) is 38.9 Å². The van der Waals surface area contributed by atoms with E-state index in [0.29, 0.717) is 5.46 Å². The second-order valence-corrected chi connectivity index (χ2v) is 6.52. The molecule has 0 bridgehead atoms. The lowest BCUT2D eigenvalue weighted by Crippen LogP contribution is -2.41. The van der Waals surface area contributed by atoms with Gasteiger partial charge in [-0.1, -0.05) is 11.6 Å². The molecular weight excluding hydrogens is 304 g/mol. The van der Waals surface area contributed by atoms with E-state index in [2.05, 4.69) is 4.74 Å². The van der Waals surface area contributed by atoms with Crippen molar-refractivity contribution in [3.05, 3.63) is 28.3 Å². The maximum atomic E-state index is 11.7. The van der Waals surface area contributed by atoms with E-state index in [0.717, 1.165) is 0 Å². The maximum absolute atomic E-state index is 11.7. The number of nitrogens with zero attached hydrogens (tertiary/aromatic N) is 1. The molecule has 0 saturated carbocycles. The molecule has 0 atom stereocenters. The lowest BCUT2D eigenvalue weighted by molar-refractivity contribution is 0.00578. The standard InChI is InChI=1S/C15H17BClNO4/c1-14(2)15(3,4)22-16(21-14)11-7-12(17)10(13(19)20-5)6-9(11)8-18/h6-7H,1-5H3. The molecule has 7 heteroatoms. The highest BCUT2D eigenvalue weighted by Crippen LogP contribution is 2.37. The van der Waals surface area contributed by atoms with Gasteiger partial charge >= 0.3 is 13.1 Å². The number of esters is 1. The van der Waals surface area contributed by atoms with Gasteiger partial charge in [0.2, 0.25) is 0 Å². The van der Waals surface area contributed by atoms with Gasteiger partial charge in [-0.25, -0.2) is 4.79 Å². The number of rotatable bonds is 2. The molecule has 0 N–H and O–H groups in total. The van der Waals surface area contributed by atoms with Crippen LogP contribution < -0.4 is 5.46 Å². The Labute approximate surface area is 135 Å². The van der Waals surface area contributed by atoms with Crippen molar-refractivity contribution < 1.29 is 18.8 Å². The number of halogens is 1. The van der Waals surface area contributed by atoms with Crippen LogP contribution in [0, 0.1) is 11.3 Å². The van der Waals surface area contributed by atoms with Gasteiger partial charge in [0.1, 0.15) is 0 Å². The SMILES string of the molecule is COC(=O)c1cc(C#N)c(B2OC(C)(C)C(C)(C)O2)cc1Cl. The Bertz CT molecular complexity index is 650. The Kier molecular flexibility index (Phi) is 4.27. The largest absolute Gasteiger partial charge is 0.496 e. The van der Waals surface area contributed by atoms with Crippen molar-refractivity contribution >= 4 is 30.2 Å². The highest BCUT2D eigenvalue weighted by molar-refractivity contribution is 6.63. The number of carbonyl (C=O) groups is 1. The summed E-state index contributed by atoms with van der Waals surface area (Å²) in [7, 11) is 0.538. The summed E-state index contributed by atoms with van der Waals surface area (Å²) < 4.78 is 16.5. The summed E-state index contributed by atoms with van der Waals surface area (Å²) in [4.78, 5) is 11.7. The van der Waals surface area contributed by atoms with Crippen LogP contribution in [0.5, 0.6) is 0 Å². The molecule has 0 aromatic heterocycles. The molecule has 1 aromatic carbocycles. The number of carbonyl (C=O) groups excluding carboxylic acids is 1. The molecule has 0 amide bonds. The number of methoxy groups -OCH3 is 1. The molecule has 0 radical (unpaired) electrons. The molecule has 2 rings (SSSR count). The molecule has 1 aliphatic rings. The first kappa shape index (κ1) is 16.8. The van der Waals surface area contributed by atoms with Crippen LogP contribution in [0.25, 0.3) is 0 Å². The van der Waals surface area contributed by atoms with Crippen LogP contribution >= 0.6 is 11.6 Å².